The monoisotopic (exact) mass is 370 g/mol. The highest BCUT2D eigenvalue weighted by atomic mass is 28.4. The Balaban J connectivity index is 3.81. The van der Waals surface area contributed by atoms with Crippen molar-refractivity contribution >= 4 is 8.32 Å². The summed E-state index contributed by atoms with van der Waals surface area (Å²) >= 11 is 0. The molecular formula is C21H42O3Si. The maximum atomic E-state index is 10.0. The van der Waals surface area contributed by atoms with Crippen molar-refractivity contribution in [2.24, 2.45) is 0 Å². The first-order valence-corrected chi connectivity index (χ1v) is 12.6. The molecule has 148 valence electrons. The van der Waals surface area contributed by atoms with Gasteiger partial charge in [0.2, 0.25) is 0 Å². The first-order valence-electron chi connectivity index (χ1n) is 9.64. The highest BCUT2D eigenvalue weighted by Crippen LogP contribution is 2.36. The van der Waals surface area contributed by atoms with Crippen LogP contribution in [0.5, 0.6) is 0 Å². The Bertz CT molecular complexity index is 415. The Morgan fingerprint density at radius 3 is 2.32 bits per heavy atom. The number of aliphatic hydroxyl groups is 1. The summed E-state index contributed by atoms with van der Waals surface area (Å²) in [4.78, 5) is 0. The number of allylic oxidation sites excluding steroid dienone is 3. The SMILES string of the molecule is CC(C)=CCCC(C)=CCOCC(O)CCCO[Si](C)(C)C(C)(C)C. The molecule has 3 nitrogen and oxygen atoms in total. The van der Waals surface area contributed by atoms with Crippen molar-refractivity contribution in [2.75, 3.05) is 19.8 Å². The molecule has 0 aliphatic rings. The third-order valence-corrected chi connectivity index (χ3v) is 9.44. The van der Waals surface area contributed by atoms with E-state index in [1.807, 2.05) is 0 Å². The van der Waals surface area contributed by atoms with E-state index in [9.17, 15) is 5.11 Å². The summed E-state index contributed by atoms with van der Waals surface area (Å²) in [6.07, 6.45) is 7.75. The van der Waals surface area contributed by atoms with Gasteiger partial charge in [0.05, 0.1) is 19.3 Å². The summed E-state index contributed by atoms with van der Waals surface area (Å²) in [5.41, 5.74) is 2.71. The van der Waals surface area contributed by atoms with E-state index in [4.69, 9.17) is 9.16 Å². The van der Waals surface area contributed by atoms with Gasteiger partial charge in [-0.3, -0.25) is 0 Å². The molecule has 1 unspecified atom stereocenters. The van der Waals surface area contributed by atoms with Gasteiger partial charge in [-0.15, -0.1) is 0 Å². The fraction of sp³-hybridized carbons (Fsp3) is 0.810. The molecule has 0 fully saturated rings. The number of rotatable bonds is 12. The molecule has 0 amide bonds. The van der Waals surface area contributed by atoms with E-state index in [-0.39, 0.29) is 5.04 Å². The minimum atomic E-state index is -1.66. The van der Waals surface area contributed by atoms with Crippen LogP contribution in [0.1, 0.15) is 67.2 Å². The molecule has 0 aromatic heterocycles. The molecule has 0 aromatic rings. The molecule has 0 spiro atoms. The second-order valence-corrected chi connectivity index (χ2v) is 13.6. The molecule has 0 radical (unpaired) electrons. The van der Waals surface area contributed by atoms with Crippen LogP contribution in [0.2, 0.25) is 18.1 Å². The first-order chi connectivity index (χ1) is 11.5. The van der Waals surface area contributed by atoms with Crippen molar-refractivity contribution in [1.29, 1.82) is 0 Å². The van der Waals surface area contributed by atoms with Crippen molar-refractivity contribution in [3.05, 3.63) is 23.3 Å². The third-order valence-electron chi connectivity index (χ3n) is 4.90. The van der Waals surface area contributed by atoms with Crippen LogP contribution in [0.25, 0.3) is 0 Å². The van der Waals surface area contributed by atoms with Crippen LogP contribution in [0, 0.1) is 0 Å². The highest BCUT2D eigenvalue weighted by molar-refractivity contribution is 6.74. The molecule has 4 heteroatoms. The van der Waals surface area contributed by atoms with Gasteiger partial charge in [-0.25, -0.2) is 0 Å². The summed E-state index contributed by atoms with van der Waals surface area (Å²) in [5.74, 6) is 0. The number of hydrogen-bond acceptors (Lipinski definition) is 3. The Morgan fingerprint density at radius 1 is 1.12 bits per heavy atom. The summed E-state index contributed by atoms with van der Waals surface area (Å²) in [5, 5.41) is 10.2. The van der Waals surface area contributed by atoms with Crippen LogP contribution in [-0.2, 0) is 9.16 Å². The van der Waals surface area contributed by atoms with E-state index < -0.39 is 14.4 Å². The van der Waals surface area contributed by atoms with Gasteiger partial charge in [0, 0.05) is 6.61 Å². The van der Waals surface area contributed by atoms with Gasteiger partial charge >= 0.3 is 0 Å². The normalized spacial score (nSPS) is 14.5. The van der Waals surface area contributed by atoms with Crippen molar-refractivity contribution in [2.45, 2.75) is 91.5 Å². The van der Waals surface area contributed by atoms with Gasteiger partial charge < -0.3 is 14.3 Å². The van der Waals surface area contributed by atoms with Gasteiger partial charge in [-0.2, -0.15) is 0 Å². The standard InChI is InChI=1S/C21H42O3Si/c1-18(2)11-9-12-19(3)14-16-23-17-20(22)13-10-15-24-25(7,8)21(4,5)6/h11,14,20,22H,9-10,12-13,15-17H2,1-8H3. The quantitative estimate of drug-likeness (QED) is 0.266. The molecule has 0 aromatic carbocycles. The van der Waals surface area contributed by atoms with Crippen molar-refractivity contribution in [3.63, 3.8) is 0 Å². The Labute approximate surface area is 157 Å². The number of hydrogen-bond donors (Lipinski definition) is 1. The minimum Gasteiger partial charge on any atom is -0.417 e. The van der Waals surface area contributed by atoms with E-state index in [0.717, 1.165) is 32.3 Å². The summed E-state index contributed by atoms with van der Waals surface area (Å²) in [6, 6.07) is 0. The molecule has 0 heterocycles. The molecular weight excluding hydrogens is 328 g/mol. The molecule has 0 rings (SSSR count). The zero-order valence-corrected chi connectivity index (χ0v) is 18.9. The first kappa shape index (κ1) is 24.6. The van der Waals surface area contributed by atoms with Crippen LogP contribution < -0.4 is 0 Å². The lowest BCUT2D eigenvalue weighted by atomic mass is 10.1. The van der Waals surface area contributed by atoms with E-state index in [2.05, 4.69) is 66.8 Å². The molecule has 0 aliphatic heterocycles. The van der Waals surface area contributed by atoms with Crippen LogP contribution in [0.4, 0.5) is 0 Å². The van der Waals surface area contributed by atoms with Crippen LogP contribution in [-0.4, -0.2) is 39.3 Å². The Hall–Kier alpha value is -0.423. The molecule has 25 heavy (non-hydrogen) atoms. The molecule has 0 aliphatic carbocycles. The van der Waals surface area contributed by atoms with Crippen molar-refractivity contribution in [1.82, 2.24) is 0 Å². The van der Waals surface area contributed by atoms with E-state index >= 15 is 0 Å². The summed E-state index contributed by atoms with van der Waals surface area (Å²) in [7, 11) is -1.66. The number of aliphatic hydroxyl groups excluding tert-OH is 1. The fourth-order valence-electron chi connectivity index (χ4n) is 2.04. The minimum absolute atomic E-state index is 0.241. The smallest absolute Gasteiger partial charge is 0.191 e. The van der Waals surface area contributed by atoms with E-state index in [0.29, 0.717) is 13.2 Å². The molecule has 1 atom stereocenters. The predicted octanol–water partition coefficient (Wildman–Crippen LogP) is 5.86. The molecule has 0 bridgehead atoms. The third kappa shape index (κ3) is 12.5. The molecule has 0 saturated carbocycles. The van der Waals surface area contributed by atoms with Crippen molar-refractivity contribution in [3.8, 4) is 0 Å². The van der Waals surface area contributed by atoms with Gasteiger partial charge in [-0.1, -0.05) is 44.1 Å². The largest absolute Gasteiger partial charge is 0.417 e. The average molecular weight is 371 g/mol. The van der Waals surface area contributed by atoms with Crippen LogP contribution >= 0.6 is 0 Å². The van der Waals surface area contributed by atoms with Crippen LogP contribution in [0.15, 0.2) is 23.3 Å². The van der Waals surface area contributed by atoms with E-state index in [1.54, 1.807) is 0 Å². The zero-order chi connectivity index (χ0) is 19.5. The van der Waals surface area contributed by atoms with Crippen LogP contribution in [0.3, 0.4) is 0 Å². The maximum Gasteiger partial charge on any atom is 0.191 e. The van der Waals surface area contributed by atoms with Gasteiger partial charge in [0.1, 0.15) is 0 Å². The lowest BCUT2D eigenvalue weighted by Gasteiger charge is -2.36. The topological polar surface area (TPSA) is 38.7 Å². The van der Waals surface area contributed by atoms with Gasteiger partial charge in [0.15, 0.2) is 8.32 Å². The summed E-state index contributed by atoms with van der Waals surface area (Å²) < 4.78 is 11.7. The van der Waals surface area contributed by atoms with Gasteiger partial charge in [0.25, 0.3) is 0 Å². The fourth-order valence-corrected chi connectivity index (χ4v) is 3.13. The average Bonchev–Trinajstić information content (AvgIpc) is 2.46. The lowest BCUT2D eigenvalue weighted by molar-refractivity contribution is 0.0408. The number of ether oxygens (including phenoxy) is 1. The zero-order valence-electron chi connectivity index (χ0n) is 17.9. The highest BCUT2D eigenvalue weighted by Gasteiger charge is 2.36. The summed E-state index contributed by atoms with van der Waals surface area (Å²) in [6.45, 7) is 19.4. The van der Waals surface area contributed by atoms with E-state index in [1.165, 1.54) is 11.1 Å². The second kappa shape index (κ2) is 12.1. The maximum absolute atomic E-state index is 10.0. The lowest BCUT2D eigenvalue weighted by Crippen LogP contribution is -2.41. The molecule has 0 saturated heterocycles. The second-order valence-electron chi connectivity index (χ2n) is 8.81. The predicted molar refractivity (Wildman–Crippen MR) is 112 cm³/mol. The molecule has 1 N–H and O–H groups in total. The Morgan fingerprint density at radius 2 is 1.76 bits per heavy atom. The van der Waals surface area contributed by atoms with Gasteiger partial charge in [-0.05, 0) is 64.6 Å². The van der Waals surface area contributed by atoms with Crippen molar-refractivity contribution < 1.29 is 14.3 Å². The Kier molecular flexibility index (Phi) is 11.8.